The molecule has 0 aliphatic carbocycles. The number of carboxylic acid groups (broad SMARTS) is 1. The van der Waals surface area contributed by atoms with Crippen molar-refractivity contribution in [2.45, 2.75) is 20.3 Å². The van der Waals surface area contributed by atoms with Crippen LogP contribution in [0.15, 0.2) is 12.3 Å². The number of aliphatic carboxylic acids is 1. The van der Waals surface area contributed by atoms with Crippen molar-refractivity contribution < 1.29 is 19.4 Å². The summed E-state index contributed by atoms with van der Waals surface area (Å²) >= 11 is 0. The molecule has 0 saturated carbocycles. The third-order valence-corrected chi connectivity index (χ3v) is 2.50. The topological polar surface area (TPSA) is 81.4 Å². The maximum Gasteiger partial charge on any atom is 0.323 e. The van der Waals surface area contributed by atoms with E-state index in [1.165, 1.54) is 6.92 Å². The van der Waals surface area contributed by atoms with E-state index in [1.54, 1.807) is 30.9 Å². The Balaban J connectivity index is 2.92. The molecule has 0 bridgehead atoms. The summed E-state index contributed by atoms with van der Waals surface area (Å²) in [5.74, 6) is -1.94. The van der Waals surface area contributed by atoms with Crippen LogP contribution in [0.3, 0.4) is 0 Å². The van der Waals surface area contributed by atoms with E-state index in [2.05, 4.69) is 5.10 Å². The number of carboxylic acids is 1. The molecule has 0 fully saturated rings. The Kier molecular flexibility index (Phi) is 3.88. The lowest BCUT2D eigenvalue weighted by atomic mass is 9.85. The minimum Gasteiger partial charge on any atom is -0.480 e. The van der Waals surface area contributed by atoms with E-state index < -0.39 is 17.4 Å². The Hall–Kier alpha value is -1.85. The van der Waals surface area contributed by atoms with Crippen molar-refractivity contribution in [2.24, 2.45) is 12.5 Å². The highest BCUT2D eigenvalue weighted by Crippen LogP contribution is 2.24. The Morgan fingerprint density at radius 1 is 1.59 bits per heavy atom. The number of esters is 1. The van der Waals surface area contributed by atoms with Crippen LogP contribution in [0.1, 0.15) is 19.5 Å². The highest BCUT2D eigenvalue weighted by atomic mass is 16.5. The third-order valence-electron chi connectivity index (χ3n) is 2.50. The minimum absolute atomic E-state index is 0.0159. The van der Waals surface area contributed by atoms with Crippen molar-refractivity contribution >= 4 is 11.9 Å². The van der Waals surface area contributed by atoms with Crippen LogP contribution < -0.4 is 0 Å². The minimum atomic E-state index is -1.59. The second-order valence-corrected chi connectivity index (χ2v) is 4.02. The van der Waals surface area contributed by atoms with Crippen LogP contribution in [-0.4, -0.2) is 33.4 Å². The summed E-state index contributed by atoms with van der Waals surface area (Å²) in [4.78, 5) is 22.9. The molecule has 6 heteroatoms. The third kappa shape index (κ3) is 2.83. The second-order valence-electron chi connectivity index (χ2n) is 4.02. The van der Waals surface area contributed by atoms with Gasteiger partial charge >= 0.3 is 11.9 Å². The number of nitrogens with zero attached hydrogens (tertiary/aromatic N) is 2. The van der Waals surface area contributed by atoms with E-state index in [0.717, 1.165) is 0 Å². The maximum atomic E-state index is 11.7. The van der Waals surface area contributed by atoms with Gasteiger partial charge in [0.15, 0.2) is 5.41 Å². The number of aromatic nitrogens is 2. The monoisotopic (exact) mass is 240 g/mol. The summed E-state index contributed by atoms with van der Waals surface area (Å²) in [6.45, 7) is 3.15. The first-order chi connectivity index (χ1) is 7.90. The molecule has 1 N–H and O–H groups in total. The van der Waals surface area contributed by atoms with Crippen molar-refractivity contribution in [3.05, 3.63) is 18.0 Å². The molecular weight excluding hydrogens is 224 g/mol. The van der Waals surface area contributed by atoms with Crippen LogP contribution in [0.5, 0.6) is 0 Å². The van der Waals surface area contributed by atoms with E-state index in [0.29, 0.717) is 5.69 Å². The van der Waals surface area contributed by atoms with E-state index in [1.807, 2.05) is 0 Å². The molecular formula is C11H16N2O4. The number of carbonyl (C=O) groups is 2. The van der Waals surface area contributed by atoms with Crippen molar-refractivity contribution in [2.75, 3.05) is 6.61 Å². The van der Waals surface area contributed by atoms with Gasteiger partial charge in [-0.3, -0.25) is 14.3 Å². The zero-order valence-electron chi connectivity index (χ0n) is 10.1. The molecule has 1 aromatic rings. The van der Waals surface area contributed by atoms with Crippen LogP contribution in [0.25, 0.3) is 0 Å². The molecule has 1 atom stereocenters. The number of aryl methyl sites for hydroxylation is 1. The molecule has 1 rings (SSSR count). The Morgan fingerprint density at radius 2 is 2.24 bits per heavy atom. The molecule has 0 aliphatic heterocycles. The molecule has 0 aromatic carbocycles. The van der Waals surface area contributed by atoms with Gasteiger partial charge in [-0.15, -0.1) is 0 Å². The van der Waals surface area contributed by atoms with Crippen molar-refractivity contribution in [1.82, 2.24) is 9.78 Å². The molecule has 94 valence electrons. The summed E-state index contributed by atoms with van der Waals surface area (Å²) in [7, 11) is 1.73. The fraction of sp³-hybridized carbons (Fsp3) is 0.545. The first-order valence-corrected chi connectivity index (χ1v) is 5.29. The second kappa shape index (κ2) is 4.99. The largest absolute Gasteiger partial charge is 0.480 e. The number of hydrogen-bond acceptors (Lipinski definition) is 4. The zero-order chi connectivity index (χ0) is 13.1. The van der Waals surface area contributed by atoms with Crippen LogP contribution in [0, 0.1) is 5.41 Å². The summed E-state index contributed by atoms with van der Waals surface area (Å²) in [6, 6.07) is 1.68. The van der Waals surface area contributed by atoms with E-state index in [9.17, 15) is 9.59 Å². The van der Waals surface area contributed by atoms with Gasteiger partial charge in [-0.1, -0.05) is 0 Å². The van der Waals surface area contributed by atoms with Gasteiger partial charge in [-0.05, 0) is 19.9 Å². The SMILES string of the molecule is CCOC(=O)C(C)(Cc1ccn(C)n1)C(=O)O. The number of carbonyl (C=O) groups excluding carboxylic acids is 1. The van der Waals surface area contributed by atoms with E-state index in [4.69, 9.17) is 9.84 Å². The average Bonchev–Trinajstić information content (AvgIpc) is 2.63. The lowest BCUT2D eigenvalue weighted by Gasteiger charge is -2.21. The first-order valence-electron chi connectivity index (χ1n) is 5.29. The van der Waals surface area contributed by atoms with Gasteiger partial charge in [0.1, 0.15) is 0 Å². The van der Waals surface area contributed by atoms with Gasteiger partial charge in [-0.25, -0.2) is 0 Å². The normalized spacial score (nSPS) is 14.1. The predicted octanol–water partition coefficient (Wildman–Crippen LogP) is 0.617. The Labute approximate surface area is 99.2 Å². The summed E-state index contributed by atoms with van der Waals surface area (Å²) < 4.78 is 6.35. The Morgan fingerprint density at radius 3 is 2.65 bits per heavy atom. The number of rotatable bonds is 5. The zero-order valence-corrected chi connectivity index (χ0v) is 10.1. The van der Waals surface area contributed by atoms with Crippen molar-refractivity contribution in [3.8, 4) is 0 Å². The van der Waals surface area contributed by atoms with Crippen LogP contribution >= 0.6 is 0 Å². The summed E-state index contributed by atoms with van der Waals surface area (Å²) in [6.07, 6.45) is 1.71. The van der Waals surface area contributed by atoms with Crippen molar-refractivity contribution in [3.63, 3.8) is 0 Å². The number of hydrogen-bond donors (Lipinski definition) is 1. The fourth-order valence-corrected chi connectivity index (χ4v) is 1.45. The molecule has 0 aliphatic rings. The molecule has 1 aromatic heterocycles. The summed E-state index contributed by atoms with van der Waals surface area (Å²) in [5.41, 5.74) is -1.05. The average molecular weight is 240 g/mol. The van der Waals surface area contributed by atoms with E-state index in [-0.39, 0.29) is 13.0 Å². The van der Waals surface area contributed by atoms with Crippen LogP contribution in [-0.2, 0) is 27.8 Å². The van der Waals surface area contributed by atoms with Crippen LogP contribution in [0.4, 0.5) is 0 Å². The van der Waals surface area contributed by atoms with Gasteiger partial charge in [0.2, 0.25) is 0 Å². The molecule has 0 spiro atoms. The van der Waals surface area contributed by atoms with Gasteiger partial charge in [0.05, 0.1) is 12.3 Å². The fourth-order valence-electron chi connectivity index (χ4n) is 1.45. The molecule has 6 nitrogen and oxygen atoms in total. The smallest absolute Gasteiger partial charge is 0.323 e. The standard InChI is InChI=1S/C11H16N2O4/c1-4-17-10(16)11(2,9(14)15)7-8-5-6-13(3)12-8/h5-6H,4,7H2,1-3H3,(H,14,15). The van der Waals surface area contributed by atoms with Gasteiger partial charge in [0, 0.05) is 19.7 Å². The van der Waals surface area contributed by atoms with Gasteiger partial charge < -0.3 is 9.84 Å². The van der Waals surface area contributed by atoms with E-state index >= 15 is 0 Å². The molecule has 0 radical (unpaired) electrons. The lowest BCUT2D eigenvalue weighted by Crippen LogP contribution is -2.40. The quantitative estimate of drug-likeness (QED) is 0.602. The Bertz CT molecular complexity index is 427. The highest BCUT2D eigenvalue weighted by molar-refractivity contribution is 5.98. The highest BCUT2D eigenvalue weighted by Gasteiger charge is 2.43. The lowest BCUT2D eigenvalue weighted by molar-refractivity contribution is -0.167. The molecule has 17 heavy (non-hydrogen) atoms. The first kappa shape index (κ1) is 13.2. The molecule has 0 saturated heterocycles. The predicted molar refractivity (Wildman–Crippen MR) is 59.3 cm³/mol. The molecule has 1 unspecified atom stereocenters. The molecule has 1 heterocycles. The van der Waals surface area contributed by atoms with Crippen molar-refractivity contribution in [1.29, 1.82) is 0 Å². The maximum absolute atomic E-state index is 11.7. The van der Waals surface area contributed by atoms with Gasteiger partial charge in [-0.2, -0.15) is 5.10 Å². The molecule has 0 amide bonds. The van der Waals surface area contributed by atoms with Gasteiger partial charge in [0.25, 0.3) is 0 Å². The number of ether oxygens (including phenoxy) is 1. The van der Waals surface area contributed by atoms with Crippen LogP contribution in [0.2, 0.25) is 0 Å². The summed E-state index contributed by atoms with van der Waals surface area (Å²) in [5, 5.41) is 13.2.